The number of amides is 1. The molecular formula is C20H21Cl2N5O2S. The Bertz CT molecular complexity index is 1030. The minimum absolute atomic E-state index is 0.175. The van der Waals surface area contributed by atoms with Crippen molar-refractivity contribution >= 4 is 46.7 Å². The Kier molecular flexibility index (Phi) is 7.58. The molecule has 0 aliphatic heterocycles. The second-order valence-corrected chi connectivity index (χ2v) is 8.27. The lowest BCUT2D eigenvalue weighted by Gasteiger charge is -2.17. The Morgan fingerprint density at radius 2 is 2.00 bits per heavy atom. The number of nitrogens with one attached hydrogen (secondary N) is 1. The number of benzene rings is 1. The van der Waals surface area contributed by atoms with Gasteiger partial charge in [-0.15, -0.1) is 10.2 Å². The summed E-state index contributed by atoms with van der Waals surface area (Å²) in [6, 6.07) is 8.79. The van der Waals surface area contributed by atoms with Gasteiger partial charge in [0, 0.05) is 17.8 Å². The Morgan fingerprint density at radius 1 is 1.23 bits per heavy atom. The third-order valence-electron chi connectivity index (χ3n) is 4.19. The van der Waals surface area contributed by atoms with E-state index in [1.165, 1.54) is 18.0 Å². The van der Waals surface area contributed by atoms with Gasteiger partial charge in [-0.05, 0) is 56.7 Å². The largest absolute Gasteiger partial charge is 0.482 e. The monoisotopic (exact) mass is 465 g/mol. The number of thioether (sulfide) groups is 1. The number of carbonyl (C=O) groups excluding carboxylic acids is 1. The van der Waals surface area contributed by atoms with E-state index in [-0.39, 0.29) is 17.8 Å². The summed E-state index contributed by atoms with van der Waals surface area (Å²) >= 11 is 13.1. The molecule has 2 aromatic heterocycles. The van der Waals surface area contributed by atoms with Crippen LogP contribution in [0.4, 0.5) is 5.82 Å². The zero-order chi connectivity index (χ0) is 21.7. The minimum atomic E-state index is -0.321. The number of carbonyl (C=O) groups is 1. The van der Waals surface area contributed by atoms with E-state index in [4.69, 9.17) is 27.9 Å². The average molecular weight is 466 g/mol. The summed E-state index contributed by atoms with van der Waals surface area (Å²) in [6.45, 7) is 6.50. The van der Waals surface area contributed by atoms with Gasteiger partial charge in [0.05, 0.1) is 10.8 Å². The Morgan fingerprint density at radius 3 is 2.67 bits per heavy atom. The standard InChI is InChI=1S/C20H21Cl2N5O2S/c1-4-27-19(13(3)29-16-7-5-14(21)9-12(16)2)25-26-20(27)30-11-18(28)24-17-8-6-15(22)10-23-17/h5-10,13H,4,11H2,1-3H3,(H,23,24,28). The van der Waals surface area contributed by atoms with Gasteiger partial charge in [-0.3, -0.25) is 4.79 Å². The molecule has 7 nitrogen and oxygen atoms in total. The van der Waals surface area contributed by atoms with Gasteiger partial charge in [-0.2, -0.15) is 0 Å². The molecule has 0 spiro atoms. The van der Waals surface area contributed by atoms with Crippen LogP contribution in [-0.2, 0) is 11.3 Å². The first-order valence-corrected chi connectivity index (χ1v) is 11.0. The van der Waals surface area contributed by atoms with E-state index in [0.717, 1.165) is 11.3 Å². The van der Waals surface area contributed by atoms with Crippen LogP contribution in [0.5, 0.6) is 5.75 Å². The number of aryl methyl sites for hydroxylation is 1. The van der Waals surface area contributed by atoms with Crippen LogP contribution in [0.2, 0.25) is 10.0 Å². The van der Waals surface area contributed by atoms with Crippen LogP contribution in [0.1, 0.15) is 31.3 Å². The quantitative estimate of drug-likeness (QED) is 0.461. The first-order valence-electron chi connectivity index (χ1n) is 9.27. The molecule has 0 aliphatic carbocycles. The molecule has 3 aromatic rings. The summed E-state index contributed by atoms with van der Waals surface area (Å²) in [5, 5.41) is 13.1. The van der Waals surface area contributed by atoms with Crippen molar-refractivity contribution in [3.63, 3.8) is 0 Å². The van der Waals surface area contributed by atoms with Crippen LogP contribution in [-0.4, -0.2) is 31.4 Å². The average Bonchev–Trinajstić information content (AvgIpc) is 3.13. The first kappa shape index (κ1) is 22.4. The fourth-order valence-corrected chi connectivity index (χ4v) is 3.90. The number of ether oxygens (including phenoxy) is 1. The van der Waals surface area contributed by atoms with Crippen molar-refractivity contribution in [3.05, 3.63) is 58.0 Å². The van der Waals surface area contributed by atoms with Gasteiger partial charge in [0.15, 0.2) is 17.1 Å². The van der Waals surface area contributed by atoms with Crippen LogP contribution in [0.15, 0.2) is 41.7 Å². The number of nitrogens with zero attached hydrogens (tertiary/aromatic N) is 4. The number of rotatable bonds is 8. The fraction of sp³-hybridized carbons (Fsp3) is 0.300. The van der Waals surface area contributed by atoms with Crippen molar-refractivity contribution in [3.8, 4) is 5.75 Å². The molecule has 0 fully saturated rings. The molecule has 1 N–H and O–H groups in total. The smallest absolute Gasteiger partial charge is 0.236 e. The summed E-state index contributed by atoms with van der Waals surface area (Å²) < 4.78 is 8.01. The number of aromatic nitrogens is 4. The lowest BCUT2D eigenvalue weighted by atomic mass is 10.2. The van der Waals surface area contributed by atoms with E-state index in [1.807, 2.05) is 37.5 Å². The van der Waals surface area contributed by atoms with Crippen molar-refractivity contribution in [1.29, 1.82) is 0 Å². The fourth-order valence-electron chi connectivity index (χ4n) is 2.75. The SMILES string of the molecule is CCn1c(SCC(=O)Nc2ccc(Cl)cn2)nnc1C(C)Oc1ccc(Cl)cc1C. The third kappa shape index (κ3) is 5.65. The zero-order valence-electron chi connectivity index (χ0n) is 16.7. The van der Waals surface area contributed by atoms with Gasteiger partial charge < -0.3 is 14.6 Å². The van der Waals surface area contributed by atoms with E-state index in [9.17, 15) is 4.79 Å². The lowest BCUT2D eigenvalue weighted by molar-refractivity contribution is -0.113. The highest BCUT2D eigenvalue weighted by Gasteiger charge is 2.20. The van der Waals surface area contributed by atoms with E-state index in [1.54, 1.807) is 18.2 Å². The predicted molar refractivity (Wildman–Crippen MR) is 120 cm³/mol. The van der Waals surface area contributed by atoms with Crippen LogP contribution >= 0.6 is 35.0 Å². The minimum Gasteiger partial charge on any atom is -0.482 e. The molecule has 1 amide bonds. The maximum absolute atomic E-state index is 12.2. The molecule has 3 rings (SSSR count). The van der Waals surface area contributed by atoms with Gasteiger partial charge in [0.2, 0.25) is 5.91 Å². The Labute approximate surface area is 189 Å². The Balaban J connectivity index is 1.64. The number of hydrogen-bond acceptors (Lipinski definition) is 6. The van der Waals surface area contributed by atoms with E-state index in [0.29, 0.717) is 33.4 Å². The van der Waals surface area contributed by atoms with Gasteiger partial charge in [0.25, 0.3) is 0 Å². The summed E-state index contributed by atoms with van der Waals surface area (Å²) in [5.74, 6) is 1.86. The molecule has 0 saturated carbocycles. The number of hydrogen-bond donors (Lipinski definition) is 1. The highest BCUT2D eigenvalue weighted by molar-refractivity contribution is 7.99. The molecule has 158 valence electrons. The highest BCUT2D eigenvalue weighted by atomic mass is 35.5. The van der Waals surface area contributed by atoms with Crippen LogP contribution in [0, 0.1) is 6.92 Å². The zero-order valence-corrected chi connectivity index (χ0v) is 19.1. The molecule has 0 aliphatic rings. The maximum Gasteiger partial charge on any atom is 0.236 e. The summed E-state index contributed by atoms with van der Waals surface area (Å²) in [5.41, 5.74) is 0.944. The molecule has 1 atom stereocenters. The van der Waals surface area contributed by atoms with Crippen LogP contribution < -0.4 is 10.1 Å². The summed E-state index contributed by atoms with van der Waals surface area (Å²) in [6.07, 6.45) is 1.16. The van der Waals surface area contributed by atoms with Crippen molar-refractivity contribution in [2.24, 2.45) is 0 Å². The molecular weight excluding hydrogens is 445 g/mol. The maximum atomic E-state index is 12.2. The molecule has 10 heteroatoms. The summed E-state index contributed by atoms with van der Waals surface area (Å²) in [4.78, 5) is 16.3. The van der Waals surface area contributed by atoms with E-state index < -0.39 is 0 Å². The number of pyridine rings is 1. The normalized spacial score (nSPS) is 11.9. The number of anilines is 1. The van der Waals surface area contributed by atoms with E-state index in [2.05, 4.69) is 20.5 Å². The topological polar surface area (TPSA) is 81.9 Å². The van der Waals surface area contributed by atoms with Gasteiger partial charge in [-0.1, -0.05) is 35.0 Å². The number of halogens is 2. The lowest BCUT2D eigenvalue weighted by Crippen LogP contribution is -2.16. The third-order valence-corrected chi connectivity index (χ3v) is 5.62. The first-order chi connectivity index (χ1) is 14.4. The molecule has 1 aromatic carbocycles. The second-order valence-electron chi connectivity index (χ2n) is 6.45. The van der Waals surface area contributed by atoms with Crippen molar-refractivity contribution in [1.82, 2.24) is 19.7 Å². The molecule has 2 heterocycles. The predicted octanol–water partition coefficient (Wildman–Crippen LogP) is 5.18. The van der Waals surface area contributed by atoms with Gasteiger partial charge in [0.1, 0.15) is 11.6 Å². The highest BCUT2D eigenvalue weighted by Crippen LogP contribution is 2.28. The van der Waals surface area contributed by atoms with Crippen molar-refractivity contribution in [2.45, 2.75) is 38.6 Å². The molecule has 30 heavy (non-hydrogen) atoms. The Hall–Kier alpha value is -2.29. The van der Waals surface area contributed by atoms with Gasteiger partial charge in [-0.25, -0.2) is 4.98 Å². The summed E-state index contributed by atoms with van der Waals surface area (Å²) in [7, 11) is 0. The van der Waals surface area contributed by atoms with Crippen molar-refractivity contribution in [2.75, 3.05) is 11.1 Å². The molecule has 0 saturated heterocycles. The molecule has 0 bridgehead atoms. The molecule has 0 radical (unpaired) electrons. The second kappa shape index (κ2) is 10.1. The van der Waals surface area contributed by atoms with E-state index >= 15 is 0 Å². The van der Waals surface area contributed by atoms with Crippen molar-refractivity contribution < 1.29 is 9.53 Å². The van der Waals surface area contributed by atoms with Gasteiger partial charge >= 0.3 is 0 Å². The molecule has 1 unspecified atom stereocenters. The van der Waals surface area contributed by atoms with Crippen LogP contribution in [0.25, 0.3) is 0 Å². The van der Waals surface area contributed by atoms with Crippen LogP contribution in [0.3, 0.4) is 0 Å².